The van der Waals surface area contributed by atoms with Crippen molar-refractivity contribution in [3.63, 3.8) is 0 Å². The quantitative estimate of drug-likeness (QED) is 0.910. The number of hydrogen-bond donors (Lipinski definition) is 1. The second-order valence-electron chi connectivity index (χ2n) is 4.37. The summed E-state index contributed by atoms with van der Waals surface area (Å²) < 4.78 is 0. The van der Waals surface area contributed by atoms with Gasteiger partial charge < -0.3 is 5.32 Å². The van der Waals surface area contributed by atoms with Gasteiger partial charge in [0.05, 0.1) is 17.9 Å². The van der Waals surface area contributed by atoms with Gasteiger partial charge in [-0.2, -0.15) is 0 Å². The summed E-state index contributed by atoms with van der Waals surface area (Å²) >= 11 is 1.72. The number of piperazine rings is 1. The van der Waals surface area contributed by atoms with E-state index in [1.165, 1.54) is 5.01 Å². The van der Waals surface area contributed by atoms with Crippen LogP contribution in [-0.4, -0.2) is 41.0 Å². The molecule has 0 aromatic carbocycles. The third-order valence-electron chi connectivity index (χ3n) is 3.05. The molecule has 1 saturated heterocycles. The second-order valence-corrected chi connectivity index (χ2v) is 5.31. The van der Waals surface area contributed by atoms with Gasteiger partial charge in [-0.25, -0.2) is 4.98 Å². The van der Waals surface area contributed by atoms with Crippen LogP contribution in [0.2, 0.25) is 0 Å². The van der Waals surface area contributed by atoms with Crippen LogP contribution in [0.5, 0.6) is 0 Å². The average Bonchev–Trinajstić information content (AvgIpc) is 2.89. The fraction of sp³-hybridized carbons (Fsp3) is 0.385. The number of hydrogen-bond acceptors (Lipinski definition) is 5. The largest absolute Gasteiger partial charge is 0.314 e. The summed E-state index contributed by atoms with van der Waals surface area (Å²) in [4.78, 5) is 11.4. The summed E-state index contributed by atoms with van der Waals surface area (Å²) in [5, 5.41) is 6.64. The van der Waals surface area contributed by atoms with Gasteiger partial charge in [-0.15, -0.1) is 11.3 Å². The van der Waals surface area contributed by atoms with E-state index in [9.17, 15) is 0 Å². The lowest BCUT2D eigenvalue weighted by Crippen LogP contribution is -2.42. The molecule has 0 saturated carbocycles. The zero-order valence-corrected chi connectivity index (χ0v) is 11.0. The standard InChI is InChI=1S/C13H16N4S/c1-2-4-15-11(3-1)12-10-18-13(16-12)9-17-7-5-14-6-8-17/h1-4,10,14H,5-9H2. The fourth-order valence-corrected chi connectivity index (χ4v) is 2.91. The van der Waals surface area contributed by atoms with Crippen LogP contribution in [0.4, 0.5) is 0 Å². The highest BCUT2D eigenvalue weighted by Gasteiger charge is 2.12. The van der Waals surface area contributed by atoms with Crippen LogP contribution < -0.4 is 5.32 Å². The van der Waals surface area contributed by atoms with Gasteiger partial charge in [-0.3, -0.25) is 9.88 Å². The minimum atomic E-state index is 0.958. The van der Waals surface area contributed by atoms with Crippen molar-refractivity contribution in [2.24, 2.45) is 0 Å². The molecular weight excluding hydrogens is 244 g/mol. The number of pyridine rings is 1. The SMILES string of the molecule is c1ccc(-c2csc(CN3CCNCC3)n2)nc1. The van der Waals surface area contributed by atoms with Gasteiger partial charge in [-0.1, -0.05) is 6.07 Å². The van der Waals surface area contributed by atoms with Crippen LogP contribution in [0.3, 0.4) is 0 Å². The Balaban J connectivity index is 1.69. The Kier molecular flexibility index (Phi) is 3.64. The molecule has 1 fully saturated rings. The lowest BCUT2D eigenvalue weighted by atomic mass is 10.3. The first-order valence-corrected chi connectivity index (χ1v) is 7.09. The molecule has 18 heavy (non-hydrogen) atoms. The smallest absolute Gasteiger partial charge is 0.107 e. The molecule has 1 N–H and O–H groups in total. The molecule has 2 aromatic heterocycles. The summed E-state index contributed by atoms with van der Waals surface area (Å²) in [5.41, 5.74) is 1.95. The van der Waals surface area contributed by atoms with Crippen molar-refractivity contribution in [2.45, 2.75) is 6.54 Å². The van der Waals surface area contributed by atoms with Gasteiger partial charge in [-0.05, 0) is 12.1 Å². The third kappa shape index (κ3) is 2.75. The van der Waals surface area contributed by atoms with Crippen molar-refractivity contribution in [1.29, 1.82) is 0 Å². The number of thiazole rings is 1. The van der Waals surface area contributed by atoms with Gasteiger partial charge in [0.1, 0.15) is 5.01 Å². The predicted molar refractivity (Wildman–Crippen MR) is 73.5 cm³/mol. The van der Waals surface area contributed by atoms with E-state index in [1.807, 2.05) is 24.4 Å². The van der Waals surface area contributed by atoms with E-state index in [2.05, 4.69) is 25.6 Å². The molecule has 0 bridgehead atoms. The molecule has 0 amide bonds. The van der Waals surface area contributed by atoms with Gasteiger partial charge in [0.25, 0.3) is 0 Å². The molecule has 0 unspecified atom stereocenters. The second kappa shape index (κ2) is 5.56. The molecule has 1 aliphatic heterocycles. The summed E-state index contributed by atoms with van der Waals surface area (Å²) in [7, 11) is 0. The fourth-order valence-electron chi connectivity index (χ4n) is 2.08. The maximum absolute atomic E-state index is 4.67. The Morgan fingerprint density at radius 1 is 1.22 bits per heavy atom. The zero-order valence-electron chi connectivity index (χ0n) is 10.2. The summed E-state index contributed by atoms with van der Waals surface area (Å²) in [6.45, 7) is 5.34. The molecule has 0 atom stereocenters. The summed E-state index contributed by atoms with van der Waals surface area (Å²) in [5.74, 6) is 0. The Labute approximate surface area is 111 Å². The maximum Gasteiger partial charge on any atom is 0.107 e. The van der Waals surface area contributed by atoms with Crippen molar-refractivity contribution in [3.8, 4) is 11.4 Å². The highest BCUT2D eigenvalue weighted by atomic mass is 32.1. The lowest BCUT2D eigenvalue weighted by Gasteiger charge is -2.26. The Morgan fingerprint density at radius 3 is 2.89 bits per heavy atom. The molecular formula is C13H16N4S. The lowest BCUT2D eigenvalue weighted by molar-refractivity contribution is 0.233. The molecule has 0 radical (unpaired) electrons. The number of rotatable bonds is 3. The summed E-state index contributed by atoms with van der Waals surface area (Å²) in [6.07, 6.45) is 1.81. The van der Waals surface area contributed by atoms with Gasteiger partial charge >= 0.3 is 0 Å². The topological polar surface area (TPSA) is 41.0 Å². The van der Waals surface area contributed by atoms with E-state index in [0.29, 0.717) is 0 Å². The normalized spacial score (nSPS) is 16.9. The maximum atomic E-state index is 4.67. The van der Waals surface area contributed by atoms with Gasteiger partial charge in [0.2, 0.25) is 0 Å². The number of aromatic nitrogens is 2. The van der Waals surface area contributed by atoms with E-state index in [1.54, 1.807) is 11.3 Å². The molecule has 0 spiro atoms. The zero-order chi connectivity index (χ0) is 12.2. The van der Waals surface area contributed by atoms with Crippen LogP contribution in [-0.2, 0) is 6.54 Å². The molecule has 1 aliphatic rings. The Bertz CT molecular complexity index is 491. The molecule has 3 rings (SSSR count). The van der Waals surface area contributed by atoms with E-state index in [-0.39, 0.29) is 0 Å². The van der Waals surface area contributed by atoms with E-state index in [0.717, 1.165) is 44.1 Å². The van der Waals surface area contributed by atoms with Crippen molar-refractivity contribution in [2.75, 3.05) is 26.2 Å². The van der Waals surface area contributed by atoms with Crippen LogP contribution in [0.25, 0.3) is 11.4 Å². The van der Waals surface area contributed by atoms with Crippen molar-refractivity contribution >= 4 is 11.3 Å². The molecule has 5 heteroatoms. The highest BCUT2D eigenvalue weighted by molar-refractivity contribution is 7.09. The van der Waals surface area contributed by atoms with Crippen LogP contribution in [0, 0.1) is 0 Å². The molecule has 3 heterocycles. The van der Waals surface area contributed by atoms with Crippen molar-refractivity contribution < 1.29 is 0 Å². The minimum Gasteiger partial charge on any atom is -0.314 e. The predicted octanol–water partition coefficient (Wildman–Crippen LogP) is 1.61. The number of nitrogens with one attached hydrogen (secondary N) is 1. The Morgan fingerprint density at radius 2 is 2.11 bits per heavy atom. The summed E-state index contributed by atoms with van der Waals surface area (Å²) in [6, 6.07) is 5.93. The Hall–Kier alpha value is -1.30. The van der Waals surface area contributed by atoms with Gasteiger partial charge in [0, 0.05) is 37.8 Å². The van der Waals surface area contributed by atoms with E-state index >= 15 is 0 Å². The van der Waals surface area contributed by atoms with Crippen molar-refractivity contribution in [1.82, 2.24) is 20.2 Å². The highest BCUT2D eigenvalue weighted by Crippen LogP contribution is 2.20. The third-order valence-corrected chi connectivity index (χ3v) is 3.88. The molecule has 94 valence electrons. The molecule has 0 aliphatic carbocycles. The average molecular weight is 260 g/mol. The van der Waals surface area contributed by atoms with Crippen molar-refractivity contribution in [3.05, 3.63) is 34.8 Å². The first-order valence-electron chi connectivity index (χ1n) is 6.21. The van der Waals surface area contributed by atoms with Crippen LogP contribution in [0.1, 0.15) is 5.01 Å². The first-order chi connectivity index (χ1) is 8.92. The minimum absolute atomic E-state index is 0.958. The monoisotopic (exact) mass is 260 g/mol. The van der Waals surface area contributed by atoms with E-state index < -0.39 is 0 Å². The first kappa shape index (κ1) is 11.8. The number of nitrogens with zero attached hydrogens (tertiary/aromatic N) is 3. The molecule has 2 aromatic rings. The van der Waals surface area contributed by atoms with E-state index in [4.69, 9.17) is 0 Å². The van der Waals surface area contributed by atoms with Gasteiger partial charge in [0.15, 0.2) is 0 Å². The molecule has 4 nitrogen and oxygen atoms in total. The van der Waals surface area contributed by atoms with Crippen LogP contribution in [0.15, 0.2) is 29.8 Å². The van der Waals surface area contributed by atoms with Crippen LogP contribution >= 0.6 is 11.3 Å².